The SMILES string of the molecule is CC(O[C]=O)C(C)C1CC1. The van der Waals surface area contributed by atoms with Crippen LogP contribution in [0.3, 0.4) is 0 Å². The van der Waals surface area contributed by atoms with Gasteiger partial charge < -0.3 is 4.74 Å². The van der Waals surface area contributed by atoms with Crippen LogP contribution in [0.2, 0.25) is 0 Å². The predicted molar refractivity (Wildman–Crippen MR) is 38.1 cm³/mol. The number of ether oxygens (including phenoxy) is 1. The minimum Gasteiger partial charge on any atom is -0.454 e. The van der Waals surface area contributed by atoms with E-state index in [1.807, 2.05) is 6.92 Å². The van der Waals surface area contributed by atoms with Gasteiger partial charge >= 0.3 is 6.47 Å². The van der Waals surface area contributed by atoms with Crippen molar-refractivity contribution in [1.29, 1.82) is 0 Å². The second kappa shape index (κ2) is 3.04. The second-order valence-corrected chi connectivity index (χ2v) is 3.10. The molecule has 2 atom stereocenters. The fraction of sp³-hybridized carbons (Fsp3) is 0.875. The van der Waals surface area contributed by atoms with Gasteiger partial charge in [-0.05, 0) is 31.6 Å². The van der Waals surface area contributed by atoms with Crippen molar-refractivity contribution in [2.75, 3.05) is 0 Å². The Bertz CT molecular complexity index is 118. The maximum Gasteiger partial charge on any atom is 0.417 e. The smallest absolute Gasteiger partial charge is 0.417 e. The first-order valence-electron chi connectivity index (χ1n) is 3.78. The van der Waals surface area contributed by atoms with E-state index in [1.165, 1.54) is 19.3 Å². The molecule has 0 heterocycles. The fourth-order valence-electron chi connectivity index (χ4n) is 1.19. The van der Waals surface area contributed by atoms with Crippen molar-refractivity contribution in [3.8, 4) is 0 Å². The lowest BCUT2D eigenvalue weighted by Gasteiger charge is -2.16. The van der Waals surface area contributed by atoms with Crippen LogP contribution >= 0.6 is 0 Å². The van der Waals surface area contributed by atoms with E-state index in [-0.39, 0.29) is 6.10 Å². The largest absolute Gasteiger partial charge is 0.454 e. The summed E-state index contributed by atoms with van der Waals surface area (Å²) in [6.07, 6.45) is 2.64. The molecule has 1 saturated carbocycles. The highest BCUT2D eigenvalue weighted by atomic mass is 16.5. The van der Waals surface area contributed by atoms with E-state index in [2.05, 4.69) is 6.92 Å². The van der Waals surface area contributed by atoms with Crippen molar-refractivity contribution < 1.29 is 9.53 Å². The molecular weight excluding hydrogens is 128 g/mol. The van der Waals surface area contributed by atoms with Gasteiger partial charge in [0.1, 0.15) is 6.10 Å². The van der Waals surface area contributed by atoms with Crippen LogP contribution in [0, 0.1) is 11.8 Å². The molecule has 0 spiro atoms. The lowest BCUT2D eigenvalue weighted by Crippen LogP contribution is -2.18. The molecule has 1 aliphatic carbocycles. The van der Waals surface area contributed by atoms with Crippen LogP contribution in [0.1, 0.15) is 26.7 Å². The Hall–Kier alpha value is -0.530. The Balaban J connectivity index is 2.23. The summed E-state index contributed by atoms with van der Waals surface area (Å²) in [5, 5.41) is 0. The van der Waals surface area contributed by atoms with Gasteiger partial charge in [0, 0.05) is 0 Å². The molecule has 0 aromatic carbocycles. The molecule has 0 aromatic rings. The third-order valence-electron chi connectivity index (χ3n) is 2.34. The molecule has 2 heteroatoms. The summed E-state index contributed by atoms with van der Waals surface area (Å²) in [6, 6.07) is 0. The molecule has 0 aliphatic heterocycles. The number of hydrogen-bond donors (Lipinski definition) is 0. The van der Waals surface area contributed by atoms with Crippen LogP contribution in [0.5, 0.6) is 0 Å². The van der Waals surface area contributed by atoms with Crippen molar-refractivity contribution in [3.05, 3.63) is 0 Å². The van der Waals surface area contributed by atoms with Crippen LogP contribution in [0.15, 0.2) is 0 Å². The summed E-state index contributed by atoms with van der Waals surface area (Å²) in [5.41, 5.74) is 0. The Morgan fingerprint density at radius 1 is 1.50 bits per heavy atom. The predicted octanol–water partition coefficient (Wildman–Crippen LogP) is 1.50. The van der Waals surface area contributed by atoms with Crippen LogP contribution in [0.25, 0.3) is 0 Å². The third kappa shape index (κ3) is 1.72. The molecule has 2 unspecified atom stereocenters. The summed E-state index contributed by atoms with van der Waals surface area (Å²) in [7, 11) is 0. The Morgan fingerprint density at radius 2 is 2.10 bits per heavy atom. The van der Waals surface area contributed by atoms with Crippen molar-refractivity contribution in [3.63, 3.8) is 0 Å². The molecule has 10 heavy (non-hydrogen) atoms. The maximum atomic E-state index is 9.82. The summed E-state index contributed by atoms with van der Waals surface area (Å²) < 4.78 is 4.70. The quantitative estimate of drug-likeness (QED) is 0.593. The van der Waals surface area contributed by atoms with E-state index < -0.39 is 0 Å². The van der Waals surface area contributed by atoms with Crippen LogP contribution < -0.4 is 0 Å². The Morgan fingerprint density at radius 3 is 2.50 bits per heavy atom. The first-order chi connectivity index (χ1) is 4.75. The van der Waals surface area contributed by atoms with E-state index in [4.69, 9.17) is 4.74 Å². The highest BCUT2D eigenvalue weighted by Gasteiger charge is 2.32. The normalized spacial score (nSPS) is 23.4. The zero-order valence-corrected chi connectivity index (χ0v) is 6.46. The standard InChI is InChI=1S/C8H13O2/c1-6(8-3-4-8)7(2)10-5-9/h6-8H,3-4H2,1-2H3. The molecule has 0 N–H and O–H groups in total. The number of rotatable bonds is 4. The summed E-state index contributed by atoms with van der Waals surface area (Å²) in [4.78, 5) is 9.82. The van der Waals surface area contributed by atoms with E-state index in [0.717, 1.165) is 5.92 Å². The zero-order chi connectivity index (χ0) is 7.56. The third-order valence-corrected chi connectivity index (χ3v) is 2.34. The van der Waals surface area contributed by atoms with Gasteiger partial charge in [-0.1, -0.05) is 6.92 Å². The van der Waals surface area contributed by atoms with Gasteiger partial charge in [-0.2, -0.15) is 0 Å². The maximum absolute atomic E-state index is 9.82. The monoisotopic (exact) mass is 141 g/mol. The molecule has 0 bridgehead atoms. The molecule has 0 saturated heterocycles. The van der Waals surface area contributed by atoms with E-state index in [9.17, 15) is 4.79 Å². The fourth-order valence-corrected chi connectivity index (χ4v) is 1.19. The van der Waals surface area contributed by atoms with Gasteiger partial charge in [-0.3, -0.25) is 0 Å². The molecule has 57 valence electrons. The number of carbonyl (C=O) groups excluding carboxylic acids is 1. The van der Waals surface area contributed by atoms with Crippen LogP contribution in [-0.4, -0.2) is 12.6 Å². The Labute approximate surface area is 61.6 Å². The molecule has 1 radical (unpaired) electrons. The molecule has 0 aromatic heterocycles. The van der Waals surface area contributed by atoms with Gasteiger partial charge in [0.25, 0.3) is 0 Å². The molecule has 2 nitrogen and oxygen atoms in total. The van der Waals surface area contributed by atoms with Gasteiger partial charge in [0.15, 0.2) is 0 Å². The van der Waals surface area contributed by atoms with E-state index in [0.29, 0.717) is 5.92 Å². The van der Waals surface area contributed by atoms with Gasteiger partial charge in [-0.15, -0.1) is 0 Å². The minimum absolute atomic E-state index is 0.0463. The summed E-state index contributed by atoms with van der Waals surface area (Å²) in [6.45, 7) is 5.53. The van der Waals surface area contributed by atoms with Crippen molar-refractivity contribution in [1.82, 2.24) is 0 Å². The molecule has 0 amide bonds. The first kappa shape index (κ1) is 7.58. The molecule has 1 fully saturated rings. The van der Waals surface area contributed by atoms with E-state index in [1.54, 1.807) is 0 Å². The zero-order valence-electron chi connectivity index (χ0n) is 6.46. The van der Waals surface area contributed by atoms with E-state index >= 15 is 0 Å². The van der Waals surface area contributed by atoms with Crippen LogP contribution in [0.4, 0.5) is 0 Å². The topological polar surface area (TPSA) is 26.3 Å². The lowest BCUT2D eigenvalue weighted by atomic mass is 10.0. The minimum atomic E-state index is 0.0463. The highest BCUT2D eigenvalue weighted by molar-refractivity contribution is 5.38. The van der Waals surface area contributed by atoms with Gasteiger partial charge in [0.05, 0.1) is 0 Å². The average Bonchev–Trinajstić information content (AvgIpc) is 2.68. The molecule has 1 rings (SSSR count). The summed E-state index contributed by atoms with van der Waals surface area (Å²) in [5.74, 6) is 1.31. The molecule has 1 aliphatic rings. The first-order valence-corrected chi connectivity index (χ1v) is 3.78. The second-order valence-electron chi connectivity index (χ2n) is 3.10. The van der Waals surface area contributed by atoms with Crippen molar-refractivity contribution in [2.24, 2.45) is 11.8 Å². The van der Waals surface area contributed by atoms with Crippen molar-refractivity contribution in [2.45, 2.75) is 32.8 Å². The average molecular weight is 141 g/mol. The van der Waals surface area contributed by atoms with Gasteiger partial charge in [0.2, 0.25) is 0 Å². The lowest BCUT2D eigenvalue weighted by molar-refractivity contribution is 0.128. The van der Waals surface area contributed by atoms with Crippen molar-refractivity contribution >= 4 is 6.47 Å². The Kier molecular flexibility index (Phi) is 2.30. The van der Waals surface area contributed by atoms with Crippen LogP contribution in [-0.2, 0) is 9.53 Å². The number of hydrogen-bond acceptors (Lipinski definition) is 2. The summed E-state index contributed by atoms with van der Waals surface area (Å²) >= 11 is 0. The van der Waals surface area contributed by atoms with Gasteiger partial charge in [-0.25, -0.2) is 4.79 Å². The molecular formula is C8H13O2. The highest BCUT2D eigenvalue weighted by Crippen LogP contribution is 2.38.